The molecule has 4 heterocycles. The number of hydrogen-bond acceptors (Lipinski definition) is 7. The second-order valence-electron chi connectivity index (χ2n) is 8.72. The molecule has 0 radical (unpaired) electrons. The van der Waals surface area contributed by atoms with E-state index >= 15 is 0 Å². The Morgan fingerprint density at radius 1 is 1.17 bits per heavy atom. The van der Waals surface area contributed by atoms with Crippen LogP contribution in [-0.4, -0.2) is 29.1 Å². The number of benzene rings is 1. The highest BCUT2D eigenvalue weighted by Gasteiger charge is 2.37. The number of aromatic nitrogens is 1. The minimum absolute atomic E-state index is 0.179. The second kappa shape index (κ2) is 9.05. The number of ether oxygens (including phenoxy) is 1. The van der Waals surface area contributed by atoms with E-state index in [4.69, 9.17) is 4.74 Å². The van der Waals surface area contributed by atoms with Crippen LogP contribution in [-0.2, 0) is 14.3 Å². The van der Waals surface area contributed by atoms with Crippen molar-refractivity contribution in [1.29, 1.82) is 0 Å². The van der Waals surface area contributed by atoms with Gasteiger partial charge < -0.3 is 9.64 Å². The van der Waals surface area contributed by atoms with Gasteiger partial charge in [-0.1, -0.05) is 42.5 Å². The highest BCUT2D eigenvalue weighted by Crippen LogP contribution is 2.36. The van der Waals surface area contributed by atoms with Crippen LogP contribution in [0.15, 0.2) is 62.8 Å². The zero-order valence-corrected chi connectivity index (χ0v) is 21.5. The van der Waals surface area contributed by atoms with Crippen molar-refractivity contribution in [3.8, 4) is 0 Å². The van der Waals surface area contributed by atoms with Gasteiger partial charge in [0.1, 0.15) is 10.6 Å². The van der Waals surface area contributed by atoms with E-state index < -0.39 is 12.0 Å². The lowest BCUT2D eigenvalue weighted by atomic mass is 10.0. The third-order valence-electron chi connectivity index (χ3n) is 5.97. The number of nitrogens with zero attached hydrogens (tertiary/aromatic N) is 3. The summed E-state index contributed by atoms with van der Waals surface area (Å²) in [5.74, 6) is -0.671. The first-order chi connectivity index (χ1) is 16.8. The van der Waals surface area contributed by atoms with Crippen molar-refractivity contribution in [2.45, 2.75) is 46.3 Å². The molecule has 0 bridgehead atoms. The first-order valence-electron chi connectivity index (χ1n) is 11.5. The molecule has 0 saturated heterocycles. The smallest absolute Gasteiger partial charge is 0.338 e. The molecular formula is C26H25N3O4S2. The van der Waals surface area contributed by atoms with Crippen LogP contribution in [0.1, 0.15) is 50.6 Å². The van der Waals surface area contributed by atoms with Crippen LogP contribution in [0.2, 0.25) is 0 Å². The van der Waals surface area contributed by atoms with Gasteiger partial charge in [-0.15, -0.1) is 11.3 Å². The van der Waals surface area contributed by atoms with Gasteiger partial charge in [-0.3, -0.25) is 14.2 Å². The second-order valence-corrected chi connectivity index (χ2v) is 10.7. The summed E-state index contributed by atoms with van der Waals surface area (Å²) in [5, 5.41) is 1.91. The van der Waals surface area contributed by atoms with Crippen LogP contribution in [0.3, 0.4) is 0 Å². The minimum Gasteiger partial charge on any atom is -0.459 e. The normalized spacial score (nSPS) is 18.6. The van der Waals surface area contributed by atoms with Crippen LogP contribution < -0.4 is 19.8 Å². The molecule has 7 nitrogen and oxygen atoms in total. The number of carbonyl (C=O) groups excluding carboxylic acids is 2. The monoisotopic (exact) mass is 507 g/mol. The SMILES string of the molecule is CCCN1C(=O)/C(=c2\sc3n(c2=O)C(c2cccs2)C(C(=O)OC(C)C)=C(C)N=3)c2ccccc21. The molecule has 0 aliphatic carbocycles. The van der Waals surface area contributed by atoms with Gasteiger partial charge in [0.2, 0.25) is 0 Å². The minimum atomic E-state index is -0.662. The summed E-state index contributed by atoms with van der Waals surface area (Å²) in [7, 11) is 0. The van der Waals surface area contributed by atoms with Crippen LogP contribution in [0.25, 0.3) is 5.57 Å². The Hall–Kier alpha value is -3.30. The molecule has 1 unspecified atom stereocenters. The number of thiazole rings is 1. The molecule has 0 spiro atoms. The fourth-order valence-electron chi connectivity index (χ4n) is 4.57. The van der Waals surface area contributed by atoms with E-state index in [2.05, 4.69) is 4.99 Å². The maximum Gasteiger partial charge on any atom is 0.338 e. The molecular weight excluding hydrogens is 482 g/mol. The van der Waals surface area contributed by atoms with Gasteiger partial charge in [-0.05, 0) is 44.7 Å². The first-order valence-corrected chi connectivity index (χ1v) is 13.2. The van der Waals surface area contributed by atoms with Gasteiger partial charge in [0.25, 0.3) is 11.5 Å². The molecule has 2 aliphatic rings. The van der Waals surface area contributed by atoms with Crippen molar-refractivity contribution in [1.82, 2.24) is 4.57 Å². The lowest BCUT2D eigenvalue weighted by Gasteiger charge is -2.24. The van der Waals surface area contributed by atoms with Gasteiger partial charge in [-0.2, -0.15) is 0 Å². The lowest BCUT2D eigenvalue weighted by molar-refractivity contribution is -0.143. The number of para-hydroxylation sites is 1. The maximum atomic E-state index is 14.0. The molecule has 1 atom stereocenters. The number of thiophene rings is 1. The average molecular weight is 508 g/mol. The highest BCUT2D eigenvalue weighted by molar-refractivity contribution is 7.10. The zero-order valence-electron chi connectivity index (χ0n) is 19.9. The van der Waals surface area contributed by atoms with E-state index in [1.54, 1.807) is 30.2 Å². The maximum absolute atomic E-state index is 14.0. The van der Waals surface area contributed by atoms with Crippen molar-refractivity contribution in [3.05, 3.63) is 83.2 Å². The van der Waals surface area contributed by atoms with Gasteiger partial charge in [0, 0.05) is 17.0 Å². The van der Waals surface area contributed by atoms with E-state index in [-0.39, 0.29) is 17.6 Å². The molecule has 1 amide bonds. The van der Waals surface area contributed by atoms with Gasteiger partial charge in [0.15, 0.2) is 4.80 Å². The molecule has 3 aromatic rings. The molecule has 0 saturated carbocycles. The number of allylic oxidation sites excluding steroid dienone is 1. The zero-order chi connectivity index (χ0) is 24.9. The number of fused-ring (bicyclic) bond motifs is 2. The Morgan fingerprint density at radius 2 is 1.94 bits per heavy atom. The summed E-state index contributed by atoms with van der Waals surface area (Å²) in [6.07, 6.45) is 0.490. The number of carbonyl (C=O) groups is 2. The Kier molecular flexibility index (Phi) is 6.06. The van der Waals surface area contributed by atoms with Crippen molar-refractivity contribution < 1.29 is 14.3 Å². The van der Waals surface area contributed by atoms with Crippen LogP contribution >= 0.6 is 22.7 Å². The highest BCUT2D eigenvalue weighted by atomic mass is 32.1. The van der Waals surface area contributed by atoms with Crippen molar-refractivity contribution in [3.63, 3.8) is 0 Å². The van der Waals surface area contributed by atoms with Crippen molar-refractivity contribution >= 4 is 45.8 Å². The molecule has 35 heavy (non-hydrogen) atoms. The Balaban J connectivity index is 1.78. The number of rotatable bonds is 5. The predicted octanol–water partition coefficient (Wildman–Crippen LogP) is 3.38. The molecule has 0 N–H and O–H groups in total. The average Bonchev–Trinajstić information content (AvgIpc) is 3.51. The van der Waals surface area contributed by atoms with E-state index in [9.17, 15) is 14.4 Å². The Bertz CT molecular complexity index is 1540. The molecule has 5 rings (SSSR count). The molecule has 1 aromatic carbocycles. The lowest BCUT2D eigenvalue weighted by Crippen LogP contribution is -2.41. The summed E-state index contributed by atoms with van der Waals surface area (Å²) in [6.45, 7) is 7.92. The standard InChI is InChI=1S/C26H25N3O4S2/c1-5-12-28-17-10-7-6-9-16(17)20(23(28)30)22-24(31)29-21(18-11-8-13-34-18)19(25(32)33-14(2)3)15(4)27-26(29)35-22/h6-11,13-14,21H,5,12H2,1-4H3/b22-20-. The van der Waals surface area contributed by atoms with Crippen LogP contribution in [0, 0.1) is 0 Å². The fraction of sp³-hybridized carbons (Fsp3) is 0.308. The van der Waals surface area contributed by atoms with Crippen LogP contribution in [0.5, 0.6) is 0 Å². The molecule has 180 valence electrons. The van der Waals surface area contributed by atoms with Crippen LogP contribution in [0.4, 0.5) is 5.69 Å². The molecule has 2 aliphatic heterocycles. The third-order valence-corrected chi connectivity index (χ3v) is 7.95. The topological polar surface area (TPSA) is 81.0 Å². The summed E-state index contributed by atoms with van der Waals surface area (Å²) < 4.78 is 7.41. The Morgan fingerprint density at radius 3 is 2.63 bits per heavy atom. The summed E-state index contributed by atoms with van der Waals surface area (Å²) in [4.78, 5) is 48.3. The molecule has 9 heteroatoms. The van der Waals surface area contributed by atoms with Gasteiger partial charge in [-0.25, -0.2) is 9.79 Å². The number of esters is 1. The number of amides is 1. The Labute approximate surface area is 210 Å². The molecule has 2 aromatic heterocycles. The van der Waals surface area contributed by atoms with E-state index in [1.165, 1.54) is 22.7 Å². The summed E-state index contributed by atoms with van der Waals surface area (Å²) in [5.41, 5.74) is 2.49. The van der Waals surface area contributed by atoms with Gasteiger partial charge >= 0.3 is 5.97 Å². The van der Waals surface area contributed by atoms with E-state index in [0.717, 1.165) is 22.5 Å². The van der Waals surface area contributed by atoms with Crippen molar-refractivity contribution in [2.24, 2.45) is 4.99 Å². The number of hydrogen-bond donors (Lipinski definition) is 0. The summed E-state index contributed by atoms with van der Waals surface area (Å²) in [6, 6.07) is 10.7. The van der Waals surface area contributed by atoms with Gasteiger partial charge in [0.05, 0.1) is 28.6 Å². The van der Waals surface area contributed by atoms with Crippen molar-refractivity contribution in [2.75, 3.05) is 11.4 Å². The molecule has 0 fully saturated rings. The first kappa shape index (κ1) is 23.4. The predicted molar refractivity (Wildman–Crippen MR) is 137 cm³/mol. The van der Waals surface area contributed by atoms with E-state index in [1.807, 2.05) is 48.7 Å². The third kappa shape index (κ3) is 3.79. The largest absolute Gasteiger partial charge is 0.459 e. The quantitative estimate of drug-likeness (QED) is 0.496. The number of anilines is 1. The summed E-state index contributed by atoms with van der Waals surface area (Å²) >= 11 is 2.66. The van der Waals surface area contributed by atoms with E-state index in [0.29, 0.717) is 32.7 Å². The fourth-order valence-corrected chi connectivity index (χ4v) is 6.53.